The van der Waals surface area contributed by atoms with Crippen LogP contribution in [0, 0.1) is 0 Å². The smallest absolute Gasteiger partial charge is 0.277 e. The molecule has 6 nitrogen and oxygen atoms in total. The van der Waals surface area contributed by atoms with Crippen molar-refractivity contribution in [3.8, 4) is 5.75 Å². The Morgan fingerprint density at radius 2 is 2.07 bits per heavy atom. The van der Waals surface area contributed by atoms with E-state index in [0.717, 1.165) is 4.47 Å². The molecule has 1 aromatic heterocycles. The summed E-state index contributed by atoms with van der Waals surface area (Å²) in [4.78, 5) is 24.2. The van der Waals surface area contributed by atoms with Crippen molar-refractivity contribution in [3.05, 3.63) is 73.0 Å². The number of halogens is 3. The van der Waals surface area contributed by atoms with Gasteiger partial charge in [0.2, 0.25) is 5.43 Å². The number of carbonyl (C=O) groups is 1. The zero-order chi connectivity index (χ0) is 19.4. The Morgan fingerprint density at radius 3 is 2.85 bits per heavy atom. The van der Waals surface area contributed by atoms with E-state index in [4.69, 9.17) is 32.4 Å². The number of hydrazone groups is 1. The lowest BCUT2D eigenvalue weighted by Crippen LogP contribution is -2.25. The number of fused-ring (bicyclic) bond motifs is 1. The first-order valence-corrected chi connectivity index (χ1v) is 9.10. The number of amides is 1. The van der Waals surface area contributed by atoms with Gasteiger partial charge < -0.3 is 9.15 Å². The van der Waals surface area contributed by atoms with Crippen molar-refractivity contribution in [2.45, 2.75) is 0 Å². The second-order valence-electron chi connectivity index (χ2n) is 5.30. The molecule has 0 fully saturated rings. The molecule has 0 bridgehead atoms. The predicted octanol–water partition coefficient (Wildman–Crippen LogP) is 4.39. The molecule has 1 amide bonds. The maximum Gasteiger partial charge on any atom is 0.277 e. The van der Waals surface area contributed by atoms with Crippen molar-refractivity contribution < 1.29 is 13.9 Å². The van der Waals surface area contributed by atoms with Crippen molar-refractivity contribution in [3.63, 3.8) is 0 Å². The summed E-state index contributed by atoms with van der Waals surface area (Å²) < 4.78 is 11.5. The molecule has 0 aliphatic carbocycles. The first kappa shape index (κ1) is 19.4. The topological polar surface area (TPSA) is 80.9 Å². The lowest BCUT2D eigenvalue weighted by molar-refractivity contribution is -0.123. The van der Waals surface area contributed by atoms with Crippen LogP contribution in [0.25, 0.3) is 11.0 Å². The van der Waals surface area contributed by atoms with Gasteiger partial charge in [-0.15, -0.1) is 0 Å². The molecule has 0 spiro atoms. The first-order valence-electron chi connectivity index (χ1n) is 7.55. The van der Waals surface area contributed by atoms with Gasteiger partial charge in [-0.1, -0.05) is 35.3 Å². The van der Waals surface area contributed by atoms with Crippen molar-refractivity contribution in [1.82, 2.24) is 5.43 Å². The van der Waals surface area contributed by atoms with Crippen molar-refractivity contribution in [2.24, 2.45) is 5.10 Å². The van der Waals surface area contributed by atoms with E-state index >= 15 is 0 Å². The van der Waals surface area contributed by atoms with E-state index in [1.807, 2.05) is 6.07 Å². The summed E-state index contributed by atoms with van der Waals surface area (Å²) >= 11 is 15.2. The Kier molecular flexibility index (Phi) is 6.15. The van der Waals surface area contributed by atoms with Gasteiger partial charge in [-0.2, -0.15) is 5.10 Å². The number of nitrogens with one attached hydrogen (secondary N) is 1. The van der Waals surface area contributed by atoms with Crippen LogP contribution in [-0.2, 0) is 4.79 Å². The fourth-order valence-electron chi connectivity index (χ4n) is 2.18. The van der Waals surface area contributed by atoms with E-state index in [-0.39, 0.29) is 33.6 Å². The Morgan fingerprint density at radius 1 is 1.30 bits per heavy atom. The number of rotatable bonds is 5. The Labute approximate surface area is 171 Å². The SMILES string of the molecule is O=C(COc1ccccc1Br)N/N=C\c1coc2c(Cl)cc(Cl)cc2c1=O. The number of benzene rings is 2. The lowest BCUT2D eigenvalue weighted by Gasteiger charge is -2.06. The number of hydrogen-bond donors (Lipinski definition) is 1. The summed E-state index contributed by atoms with van der Waals surface area (Å²) in [5.74, 6) is 0.0406. The molecule has 3 rings (SSSR count). The van der Waals surface area contributed by atoms with Crippen LogP contribution in [0.4, 0.5) is 0 Å². The Hall–Kier alpha value is -2.35. The summed E-state index contributed by atoms with van der Waals surface area (Å²) in [5, 5.41) is 4.51. The van der Waals surface area contributed by atoms with E-state index in [1.54, 1.807) is 18.2 Å². The van der Waals surface area contributed by atoms with Gasteiger partial charge in [-0.3, -0.25) is 9.59 Å². The normalized spacial score (nSPS) is 11.1. The molecule has 9 heteroatoms. The van der Waals surface area contributed by atoms with Gasteiger partial charge in [0.15, 0.2) is 12.2 Å². The van der Waals surface area contributed by atoms with Crippen LogP contribution in [0.15, 0.2) is 61.4 Å². The third-order valence-electron chi connectivity index (χ3n) is 3.41. The molecular formula is C18H11BrCl2N2O4. The number of nitrogens with zero attached hydrogens (tertiary/aromatic N) is 1. The third kappa shape index (κ3) is 4.68. The largest absolute Gasteiger partial charge is 0.483 e. The molecule has 2 aromatic carbocycles. The molecule has 138 valence electrons. The van der Waals surface area contributed by atoms with Gasteiger partial charge in [0.05, 0.1) is 26.7 Å². The van der Waals surface area contributed by atoms with Crippen LogP contribution in [-0.4, -0.2) is 18.7 Å². The molecule has 0 atom stereocenters. The van der Waals surface area contributed by atoms with Crippen LogP contribution >= 0.6 is 39.1 Å². The van der Waals surface area contributed by atoms with Crippen molar-refractivity contribution >= 4 is 62.2 Å². The van der Waals surface area contributed by atoms with E-state index in [0.29, 0.717) is 10.8 Å². The standard InChI is InChI=1S/C18H11BrCl2N2O4/c19-13-3-1-2-4-15(13)26-9-16(24)23-22-7-10-8-27-18-12(17(10)25)5-11(20)6-14(18)21/h1-8H,9H2,(H,23,24)/b22-7-. The molecule has 0 aliphatic heterocycles. The van der Waals surface area contributed by atoms with E-state index in [9.17, 15) is 9.59 Å². The molecule has 0 saturated heterocycles. The first-order chi connectivity index (χ1) is 13.0. The van der Waals surface area contributed by atoms with Gasteiger partial charge in [0.1, 0.15) is 12.0 Å². The number of hydrogen-bond acceptors (Lipinski definition) is 5. The minimum Gasteiger partial charge on any atom is -0.483 e. The maximum atomic E-state index is 12.4. The predicted molar refractivity (Wildman–Crippen MR) is 108 cm³/mol. The number of para-hydroxylation sites is 1. The second kappa shape index (κ2) is 8.56. The molecule has 1 N–H and O–H groups in total. The van der Waals surface area contributed by atoms with E-state index in [2.05, 4.69) is 26.5 Å². The number of carbonyl (C=O) groups excluding carboxylic acids is 1. The minimum atomic E-state index is -0.488. The molecule has 0 radical (unpaired) electrons. The van der Waals surface area contributed by atoms with E-state index in [1.165, 1.54) is 24.6 Å². The summed E-state index contributed by atoms with van der Waals surface area (Å²) in [6.07, 6.45) is 2.38. The van der Waals surface area contributed by atoms with E-state index < -0.39 is 5.91 Å². The molecule has 0 unspecified atom stereocenters. The number of ether oxygens (including phenoxy) is 1. The highest BCUT2D eigenvalue weighted by atomic mass is 79.9. The second-order valence-corrected chi connectivity index (χ2v) is 6.99. The summed E-state index contributed by atoms with van der Waals surface area (Å²) in [6, 6.07) is 10.1. The highest BCUT2D eigenvalue weighted by Gasteiger charge is 2.10. The Bertz CT molecular complexity index is 1100. The van der Waals surface area contributed by atoms with Gasteiger partial charge in [0, 0.05) is 5.02 Å². The molecular weight excluding hydrogens is 459 g/mol. The molecule has 3 aromatic rings. The van der Waals surface area contributed by atoms with Crippen molar-refractivity contribution in [1.29, 1.82) is 0 Å². The fourth-order valence-corrected chi connectivity index (χ4v) is 3.12. The van der Waals surface area contributed by atoms with Crippen LogP contribution < -0.4 is 15.6 Å². The minimum absolute atomic E-state index is 0.132. The lowest BCUT2D eigenvalue weighted by atomic mass is 10.2. The average Bonchev–Trinajstić information content (AvgIpc) is 2.63. The fraction of sp³-hybridized carbons (Fsp3) is 0.0556. The summed E-state index contributed by atoms with van der Waals surface area (Å²) in [7, 11) is 0. The zero-order valence-electron chi connectivity index (χ0n) is 13.5. The highest BCUT2D eigenvalue weighted by Crippen LogP contribution is 2.26. The van der Waals surface area contributed by atoms with Gasteiger partial charge in [0.25, 0.3) is 5.91 Å². The van der Waals surface area contributed by atoms with Gasteiger partial charge >= 0.3 is 0 Å². The van der Waals surface area contributed by atoms with Crippen molar-refractivity contribution in [2.75, 3.05) is 6.61 Å². The molecule has 0 aliphatic rings. The van der Waals surface area contributed by atoms with Crippen LogP contribution in [0.3, 0.4) is 0 Å². The molecule has 27 heavy (non-hydrogen) atoms. The highest BCUT2D eigenvalue weighted by molar-refractivity contribution is 9.10. The monoisotopic (exact) mass is 468 g/mol. The summed E-state index contributed by atoms with van der Waals surface area (Å²) in [5.41, 5.74) is 2.27. The summed E-state index contributed by atoms with van der Waals surface area (Å²) in [6.45, 7) is -0.239. The van der Waals surface area contributed by atoms with Crippen LogP contribution in [0.5, 0.6) is 5.75 Å². The van der Waals surface area contributed by atoms with Crippen LogP contribution in [0.1, 0.15) is 5.56 Å². The Balaban J connectivity index is 1.67. The molecule has 0 saturated carbocycles. The van der Waals surface area contributed by atoms with Crippen LogP contribution in [0.2, 0.25) is 10.0 Å². The third-order valence-corrected chi connectivity index (χ3v) is 4.56. The maximum absolute atomic E-state index is 12.4. The zero-order valence-corrected chi connectivity index (χ0v) is 16.6. The molecule has 1 heterocycles. The quantitative estimate of drug-likeness (QED) is 0.443. The average molecular weight is 470 g/mol. The van der Waals surface area contributed by atoms with Gasteiger partial charge in [-0.05, 0) is 40.2 Å². The van der Waals surface area contributed by atoms with Gasteiger partial charge in [-0.25, -0.2) is 5.43 Å².